The van der Waals surface area contributed by atoms with Crippen LogP contribution in [0.25, 0.3) is 0 Å². The van der Waals surface area contributed by atoms with Gasteiger partial charge in [-0.15, -0.1) is 11.8 Å². The van der Waals surface area contributed by atoms with Gasteiger partial charge in [0.2, 0.25) is 10.8 Å². The van der Waals surface area contributed by atoms with E-state index in [0.29, 0.717) is 17.1 Å². The third kappa shape index (κ3) is 2.93. The van der Waals surface area contributed by atoms with E-state index in [9.17, 15) is 14.0 Å². The summed E-state index contributed by atoms with van der Waals surface area (Å²) in [4.78, 5) is 29.9. The molecule has 1 spiro atoms. The van der Waals surface area contributed by atoms with Crippen molar-refractivity contribution in [2.75, 3.05) is 15.6 Å². The van der Waals surface area contributed by atoms with Crippen LogP contribution in [0.15, 0.2) is 66.7 Å². The number of anilines is 2. The van der Waals surface area contributed by atoms with Crippen molar-refractivity contribution in [2.45, 2.75) is 43.0 Å². The number of hydrogen-bond donors (Lipinski definition) is 0. The molecule has 0 aromatic heterocycles. The van der Waals surface area contributed by atoms with Crippen molar-refractivity contribution in [2.24, 2.45) is 0 Å². The molecule has 4 nitrogen and oxygen atoms in total. The molecule has 3 aromatic carbocycles. The summed E-state index contributed by atoms with van der Waals surface area (Å²) in [5.41, 5.74) is 3.51. The molecule has 35 heavy (non-hydrogen) atoms. The van der Waals surface area contributed by atoms with E-state index in [-0.39, 0.29) is 28.8 Å². The summed E-state index contributed by atoms with van der Waals surface area (Å²) in [5, 5.41) is 0.678. The van der Waals surface area contributed by atoms with Gasteiger partial charge in [0.15, 0.2) is 0 Å². The van der Waals surface area contributed by atoms with E-state index in [1.54, 1.807) is 17.0 Å². The van der Waals surface area contributed by atoms with Gasteiger partial charge >= 0.3 is 0 Å². The number of rotatable bonds is 2. The third-order valence-electron chi connectivity index (χ3n) is 7.64. The van der Waals surface area contributed by atoms with Gasteiger partial charge in [-0.25, -0.2) is 4.39 Å². The Morgan fingerprint density at radius 1 is 0.886 bits per heavy atom. The number of hydrogen-bond acceptors (Lipinski definition) is 3. The fourth-order valence-electron chi connectivity index (χ4n) is 6.31. The van der Waals surface area contributed by atoms with Gasteiger partial charge in [0.05, 0.1) is 11.4 Å². The molecule has 2 amide bonds. The van der Waals surface area contributed by atoms with E-state index in [1.165, 1.54) is 23.9 Å². The highest BCUT2D eigenvalue weighted by atomic mass is 35.5. The molecule has 178 valence electrons. The Bertz CT molecular complexity index is 1390. The molecule has 1 saturated heterocycles. The number of benzene rings is 3. The van der Waals surface area contributed by atoms with Crippen LogP contribution in [0.2, 0.25) is 5.02 Å². The molecule has 1 fully saturated rings. The lowest BCUT2D eigenvalue weighted by Gasteiger charge is -2.50. The van der Waals surface area contributed by atoms with E-state index < -0.39 is 10.4 Å². The van der Waals surface area contributed by atoms with E-state index in [0.717, 1.165) is 22.4 Å². The van der Waals surface area contributed by atoms with Gasteiger partial charge in [-0.05, 0) is 67.8 Å². The third-order valence-corrected chi connectivity index (χ3v) is 9.28. The second kappa shape index (κ2) is 7.34. The normalized spacial score (nSPS) is 26.5. The fraction of sp³-hybridized carbons (Fsp3) is 0.286. The molecule has 7 heteroatoms. The Balaban J connectivity index is 1.62. The Hall–Kier alpha value is -2.83. The van der Waals surface area contributed by atoms with Gasteiger partial charge in [-0.1, -0.05) is 48.9 Å². The molecule has 0 saturated carbocycles. The van der Waals surface area contributed by atoms with Gasteiger partial charge in [0.1, 0.15) is 5.82 Å². The van der Waals surface area contributed by atoms with Crippen LogP contribution in [0.4, 0.5) is 15.8 Å². The van der Waals surface area contributed by atoms with Gasteiger partial charge < -0.3 is 4.90 Å². The average molecular weight is 507 g/mol. The Morgan fingerprint density at radius 3 is 2.23 bits per heavy atom. The minimum atomic E-state index is -1.22. The predicted octanol–water partition coefficient (Wildman–Crippen LogP) is 6.25. The highest BCUT2D eigenvalue weighted by Gasteiger charge is 2.65. The molecule has 0 N–H and O–H groups in total. The molecular weight excluding hydrogens is 483 g/mol. The van der Waals surface area contributed by atoms with Crippen molar-refractivity contribution in [3.63, 3.8) is 0 Å². The number of fused-ring (bicyclic) bond motifs is 1. The first kappa shape index (κ1) is 22.6. The van der Waals surface area contributed by atoms with Crippen LogP contribution in [0, 0.1) is 5.82 Å². The summed E-state index contributed by atoms with van der Waals surface area (Å²) < 4.78 is 13.7. The van der Waals surface area contributed by atoms with E-state index >= 15 is 0 Å². The lowest BCUT2D eigenvalue weighted by Crippen LogP contribution is -2.58. The predicted molar refractivity (Wildman–Crippen MR) is 139 cm³/mol. The first-order chi connectivity index (χ1) is 16.6. The molecule has 0 radical (unpaired) electrons. The van der Waals surface area contributed by atoms with Crippen LogP contribution in [-0.4, -0.2) is 23.1 Å². The Labute approximate surface area is 213 Å². The highest BCUT2D eigenvalue weighted by Crippen LogP contribution is 2.62. The largest absolute Gasteiger partial charge is 0.303 e. The molecule has 3 heterocycles. The lowest BCUT2D eigenvalue weighted by molar-refractivity contribution is -0.124. The van der Waals surface area contributed by atoms with Crippen molar-refractivity contribution in [3.8, 4) is 0 Å². The maximum Gasteiger partial charge on any atom is 0.269 e. The Kier molecular flexibility index (Phi) is 4.74. The van der Waals surface area contributed by atoms with Crippen molar-refractivity contribution in [1.82, 2.24) is 0 Å². The van der Waals surface area contributed by atoms with Gasteiger partial charge in [0, 0.05) is 27.2 Å². The number of amides is 2. The molecule has 0 unspecified atom stereocenters. The van der Waals surface area contributed by atoms with Crippen LogP contribution >= 0.6 is 23.4 Å². The zero-order chi connectivity index (χ0) is 24.8. The topological polar surface area (TPSA) is 40.6 Å². The smallest absolute Gasteiger partial charge is 0.269 e. The molecule has 3 aliphatic rings. The van der Waals surface area contributed by atoms with Crippen LogP contribution in [0.3, 0.4) is 0 Å². The first-order valence-electron chi connectivity index (χ1n) is 11.6. The fourth-order valence-corrected chi connectivity index (χ4v) is 7.76. The molecule has 2 atom stereocenters. The molecule has 0 aliphatic carbocycles. The number of carbonyl (C=O) groups is 2. The van der Waals surface area contributed by atoms with E-state index in [4.69, 9.17) is 11.6 Å². The second-order valence-electron chi connectivity index (χ2n) is 10.3. The summed E-state index contributed by atoms with van der Waals surface area (Å²) in [5.74, 6) is -0.494. The van der Waals surface area contributed by atoms with Crippen LogP contribution in [0.5, 0.6) is 0 Å². The molecule has 6 rings (SSSR count). The minimum Gasteiger partial charge on any atom is -0.303 e. The van der Waals surface area contributed by atoms with Crippen LogP contribution < -0.4 is 9.80 Å². The lowest BCUT2D eigenvalue weighted by atomic mass is 9.65. The monoisotopic (exact) mass is 506 g/mol. The summed E-state index contributed by atoms with van der Waals surface area (Å²) in [6.45, 7) is 6.38. The van der Waals surface area contributed by atoms with E-state index in [2.05, 4.69) is 39.0 Å². The maximum atomic E-state index is 14.4. The molecular formula is C28H24ClFN2O2S. The molecule has 3 aromatic rings. The quantitative estimate of drug-likeness (QED) is 0.412. The first-order valence-corrected chi connectivity index (χ1v) is 12.9. The van der Waals surface area contributed by atoms with Crippen molar-refractivity contribution < 1.29 is 14.0 Å². The SMILES string of the molecule is CC1(C)C[C@@](C)(c2ccc(Cl)cc2)c2cccc3c2N1C(=O)[C@]31SCC(=O)N1c1ccc(F)cc1. The zero-order valence-electron chi connectivity index (χ0n) is 19.6. The number of nitrogens with zero attached hydrogens (tertiary/aromatic N) is 2. The average Bonchev–Trinajstić information content (AvgIpc) is 3.29. The molecule has 3 aliphatic heterocycles. The summed E-state index contributed by atoms with van der Waals surface area (Å²) in [6, 6.07) is 19.7. The van der Waals surface area contributed by atoms with Crippen molar-refractivity contribution in [1.29, 1.82) is 0 Å². The number of thioether (sulfide) groups is 1. The van der Waals surface area contributed by atoms with E-state index in [1.807, 2.05) is 29.2 Å². The second-order valence-corrected chi connectivity index (χ2v) is 11.9. The standard InChI is InChI=1S/C28H24ClFN2O2S/c1-26(2)16-27(3,17-7-9-18(29)10-8-17)21-5-4-6-22-24(21)32(26)25(34)28(22)31(23(33)15-35-28)20-13-11-19(30)12-14-20/h4-14H,15-16H2,1-3H3/t27-,28+/m0/s1. The van der Waals surface area contributed by atoms with Gasteiger partial charge in [0.25, 0.3) is 5.91 Å². The van der Waals surface area contributed by atoms with Gasteiger partial charge in [-0.3, -0.25) is 14.5 Å². The summed E-state index contributed by atoms with van der Waals surface area (Å²) >= 11 is 7.54. The van der Waals surface area contributed by atoms with Gasteiger partial charge in [-0.2, -0.15) is 0 Å². The summed E-state index contributed by atoms with van der Waals surface area (Å²) in [6.07, 6.45) is 0.703. The van der Waals surface area contributed by atoms with Crippen LogP contribution in [-0.2, 0) is 19.9 Å². The Morgan fingerprint density at radius 2 is 1.54 bits per heavy atom. The van der Waals surface area contributed by atoms with Crippen molar-refractivity contribution in [3.05, 3.63) is 94.3 Å². The van der Waals surface area contributed by atoms with Crippen LogP contribution in [0.1, 0.15) is 43.9 Å². The number of halogens is 2. The zero-order valence-corrected chi connectivity index (χ0v) is 21.2. The number of carbonyl (C=O) groups excluding carboxylic acids is 2. The minimum absolute atomic E-state index is 0.122. The van der Waals surface area contributed by atoms with Crippen molar-refractivity contribution >= 4 is 46.6 Å². The highest BCUT2D eigenvalue weighted by molar-refractivity contribution is 8.02. The molecule has 0 bridgehead atoms. The summed E-state index contributed by atoms with van der Waals surface area (Å²) in [7, 11) is 0. The number of para-hydroxylation sites is 1. The maximum absolute atomic E-state index is 14.4.